The lowest BCUT2D eigenvalue weighted by molar-refractivity contribution is -0.384. The van der Waals surface area contributed by atoms with Crippen molar-refractivity contribution in [3.05, 3.63) is 34.4 Å². The molecule has 0 fully saturated rings. The molecule has 1 N–H and O–H groups in total. The zero-order valence-electron chi connectivity index (χ0n) is 11.0. The van der Waals surface area contributed by atoms with Crippen LogP contribution in [0.4, 0.5) is 11.4 Å². The highest BCUT2D eigenvalue weighted by Gasteiger charge is 2.04. The van der Waals surface area contributed by atoms with Crippen LogP contribution in [0.15, 0.2) is 29.4 Å². The van der Waals surface area contributed by atoms with Gasteiger partial charge in [0.25, 0.3) is 5.69 Å². The average molecular weight is 277 g/mol. The summed E-state index contributed by atoms with van der Waals surface area (Å²) in [5, 5.41) is 14.4. The van der Waals surface area contributed by atoms with E-state index in [0.717, 1.165) is 0 Å². The van der Waals surface area contributed by atoms with Crippen molar-refractivity contribution in [1.29, 1.82) is 0 Å². The second-order valence-electron chi connectivity index (χ2n) is 4.19. The lowest BCUT2D eigenvalue weighted by Crippen LogP contribution is -2.05. The third kappa shape index (κ3) is 5.38. The molecule has 20 heavy (non-hydrogen) atoms. The third-order valence-corrected chi connectivity index (χ3v) is 2.50. The molecule has 0 aliphatic heterocycles. The number of rotatable bonds is 8. The van der Waals surface area contributed by atoms with Crippen molar-refractivity contribution in [1.82, 2.24) is 0 Å². The van der Waals surface area contributed by atoms with Gasteiger partial charge in [-0.2, -0.15) is 5.10 Å². The Kier molecular flexibility index (Phi) is 6.02. The number of anilines is 1. The number of nitro benzene ring substituents is 1. The van der Waals surface area contributed by atoms with E-state index in [2.05, 4.69) is 10.5 Å². The summed E-state index contributed by atoms with van der Waals surface area (Å²) in [7, 11) is 0. The van der Waals surface area contributed by atoms with Crippen LogP contribution in [0.1, 0.15) is 26.2 Å². The molecule has 1 aromatic carbocycles. The summed E-state index contributed by atoms with van der Waals surface area (Å²) in [6, 6.07) is 5.68. The number of carbonyl (C=O) groups excluding carboxylic acids is 2. The van der Waals surface area contributed by atoms with Gasteiger partial charge >= 0.3 is 0 Å². The normalized spacial score (nSPS) is 10.9. The van der Waals surface area contributed by atoms with Crippen molar-refractivity contribution in [3.8, 4) is 0 Å². The van der Waals surface area contributed by atoms with E-state index in [-0.39, 0.29) is 11.5 Å². The van der Waals surface area contributed by atoms with Gasteiger partial charge in [0.2, 0.25) is 0 Å². The van der Waals surface area contributed by atoms with E-state index < -0.39 is 4.92 Å². The van der Waals surface area contributed by atoms with Crippen LogP contribution in [-0.4, -0.2) is 22.7 Å². The summed E-state index contributed by atoms with van der Waals surface area (Å²) >= 11 is 0. The van der Waals surface area contributed by atoms with E-state index in [0.29, 0.717) is 36.9 Å². The van der Waals surface area contributed by atoms with E-state index in [1.54, 1.807) is 0 Å². The van der Waals surface area contributed by atoms with Crippen molar-refractivity contribution < 1.29 is 14.5 Å². The zero-order chi connectivity index (χ0) is 15.0. The number of hydrazone groups is 1. The maximum atomic E-state index is 10.8. The first-order valence-corrected chi connectivity index (χ1v) is 6.04. The number of benzene rings is 1. The van der Waals surface area contributed by atoms with Crippen molar-refractivity contribution in [3.63, 3.8) is 0 Å². The summed E-state index contributed by atoms with van der Waals surface area (Å²) in [5.74, 6) is 0.0681. The maximum Gasteiger partial charge on any atom is 0.269 e. The second-order valence-corrected chi connectivity index (χ2v) is 4.19. The standard InChI is InChI=1S/C13H15N3O4/c1-10(18)3-2-4-12(9-17)15-14-11-5-7-13(8-6-11)16(19)20/h5-9,14H,2-4H2,1H3. The van der Waals surface area contributed by atoms with Gasteiger partial charge in [-0.25, -0.2) is 0 Å². The fraction of sp³-hybridized carbons (Fsp3) is 0.308. The van der Waals surface area contributed by atoms with Gasteiger partial charge in [-0.15, -0.1) is 0 Å². The summed E-state index contributed by atoms with van der Waals surface area (Å²) in [4.78, 5) is 31.6. The van der Waals surface area contributed by atoms with Crippen LogP contribution >= 0.6 is 0 Å². The summed E-state index contributed by atoms with van der Waals surface area (Å²) in [6.07, 6.45) is 2.00. The molecule has 0 aromatic heterocycles. The predicted molar refractivity (Wildman–Crippen MR) is 74.8 cm³/mol. The number of ketones is 1. The maximum absolute atomic E-state index is 10.8. The number of non-ortho nitro benzene ring substituents is 1. The Bertz CT molecular complexity index is 523. The number of nitro groups is 1. The molecular weight excluding hydrogens is 262 g/mol. The third-order valence-electron chi connectivity index (χ3n) is 2.50. The highest BCUT2D eigenvalue weighted by Crippen LogP contribution is 2.15. The van der Waals surface area contributed by atoms with Crippen molar-refractivity contribution in [2.45, 2.75) is 26.2 Å². The van der Waals surface area contributed by atoms with Crippen molar-refractivity contribution in [2.24, 2.45) is 5.10 Å². The molecule has 0 bridgehead atoms. The second kappa shape index (κ2) is 7.78. The first kappa shape index (κ1) is 15.5. The number of nitrogens with one attached hydrogen (secondary N) is 1. The Labute approximate surface area is 115 Å². The quantitative estimate of drug-likeness (QED) is 0.340. The topological polar surface area (TPSA) is 102 Å². The van der Waals surface area contributed by atoms with Crippen LogP contribution in [0.2, 0.25) is 0 Å². The lowest BCUT2D eigenvalue weighted by atomic mass is 10.1. The molecular formula is C13H15N3O4. The van der Waals surface area contributed by atoms with Gasteiger partial charge in [0.05, 0.1) is 10.6 Å². The fourth-order valence-corrected chi connectivity index (χ4v) is 1.45. The molecule has 0 saturated carbocycles. The van der Waals surface area contributed by atoms with Gasteiger partial charge in [0, 0.05) is 18.6 Å². The Morgan fingerprint density at radius 1 is 1.35 bits per heavy atom. The molecule has 0 atom stereocenters. The summed E-state index contributed by atoms with van der Waals surface area (Å²) in [5.41, 5.74) is 3.47. The molecule has 0 saturated heterocycles. The Morgan fingerprint density at radius 2 is 2.00 bits per heavy atom. The van der Waals surface area contributed by atoms with Crippen LogP contribution in [0.5, 0.6) is 0 Å². The van der Waals surface area contributed by atoms with Crippen LogP contribution < -0.4 is 5.43 Å². The van der Waals surface area contributed by atoms with Gasteiger partial charge in [-0.1, -0.05) is 0 Å². The van der Waals surface area contributed by atoms with E-state index in [1.165, 1.54) is 31.2 Å². The van der Waals surface area contributed by atoms with Gasteiger partial charge < -0.3 is 4.79 Å². The molecule has 0 amide bonds. The highest BCUT2D eigenvalue weighted by molar-refractivity contribution is 6.28. The number of nitrogens with zero attached hydrogens (tertiary/aromatic N) is 2. The summed E-state index contributed by atoms with van der Waals surface area (Å²) < 4.78 is 0. The monoisotopic (exact) mass is 277 g/mol. The SMILES string of the molecule is CC(=O)CCCC(C=O)=NNc1ccc([N+](=O)[O-])cc1. The van der Waals surface area contributed by atoms with Crippen LogP contribution in [0.3, 0.4) is 0 Å². The van der Waals surface area contributed by atoms with Gasteiger partial charge in [0.1, 0.15) is 11.5 Å². The van der Waals surface area contributed by atoms with Crippen molar-refractivity contribution >= 4 is 29.2 Å². The van der Waals surface area contributed by atoms with Crippen LogP contribution in [0, 0.1) is 10.1 Å². The van der Waals surface area contributed by atoms with Crippen LogP contribution in [0.25, 0.3) is 0 Å². The number of aldehydes is 1. The van der Waals surface area contributed by atoms with E-state index >= 15 is 0 Å². The van der Waals surface area contributed by atoms with Gasteiger partial charge in [-0.05, 0) is 31.9 Å². The zero-order valence-corrected chi connectivity index (χ0v) is 11.0. The fourth-order valence-electron chi connectivity index (χ4n) is 1.45. The number of Topliss-reactive ketones (excluding diaryl/α,β-unsaturated/α-hetero) is 1. The van der Waals surface area contributed by atoms with Gasteiger partial charge in [0.15, 0.2) is 6.29 Å². The first-order chi connectivity index (χ1) is 9.52. The Balaban J connectivity index is 2.57. The number of hydrogen-bond donors (Lipinski definition) is 1. The smallest absolute Gasteiger partial charge is 0.269 e. The van der Waals surface area contributed by atoms with E-state index in [9.17, 15) is 19.7 Å². The number of carbonyl (C=O) groups is 2. The Hall–Kier alpha value is -2.57. The minimum absolute atomic E-state index is 0.0170. The largest absolute Gasteiger partial charge is 0.300 e. The molecule has 0 aliphatic rings. The van der Waals surface area contributed by atoms with Crippen molar-refractivity contribution in [2.75, 3.05) is 5.43 Å². The minimum Gasteiger partial charge on any atom is -0.300 e. The molecule has 1 rings (SSSR count). The Morgan fingerprint density at radius 3 is 2.50 bits per heavy atom. The molecule has 7 heteroatoms. The average Bonchev–Trinajstić information content (AvgIpc) is 2.42. The first-order valence-electron chi connectivity index (χ1n) is 6.04. The summed E-state index contributed by atoms with van der Waals surface area (Å²) in [6.45, 7) is 1.49. The van der Waals surface area contributed by atoms with Gasteiger partial charge in [-0.3, -0.25) is 20.3 Å². The molecule has 106 valence electrons. The molecule has 0 spiro atoms. The van der Waals surface area contributed by atoms with E-state index in [1.807, 2.05) is 0 Å². The lowest BCUT2D eigenvalue weighted by Gasteiger charge is -2.02. The molecule has 0 unspecified atom stereocenters. The van der Waals surface area contributed by atoms with E-state index in [4.69, 9.17) is 0 Å². The number of hydrogen-bond acceptors (Lipinski definition) is 6. The molecule has 7 nitrogen and oxygen atoms in total. The molecule has 0 heterocycles. The molecule has 0 aliphatic carbocycles. The van der Waals surface area contributed by atoms with Crippen LogP contribution in [-0.2, 0) is 9.59 Å². The minimum atomic E-state index is -0.494. The highest BCUT2D eigenvalue weighted by atomic mass is 16.6. The molecule has 1 aromatic rings. The molecule has 0 radical (unpaired) electrons. The predicted octanol–water partition coefficient (Wildman–Crippen LogP) is 2.32.